The van der Waals surface area contributed by atoms with Gasteiger partial charge in [-0.15, -0.1) is 11.3 Å². The van der Waals surface area contributed by atoms with E-state index >= 15 is 0 Å². The van der Waals surface area contributed by atoms with Crippen molar-refractivity contribution in [3.63, 3.8) is 0 Å². The van der Waals surface area contributed by atoms with Gasteiger partial charge in [-0.25, -0.2) is 4.39 Å². The van der Waals surface area contributed by atoms with Crippen molar-refractivity contribution in [3.05, 3.63) is 58.4 Å². The Morgan fingerprint density at radius 3 is 3.00 bits per heavy atom. The summed E-state index contributed by atoms with van der Waals surface area (Å²) in [5, 5.41) is 5.90. The summed E-state index contributed by atoms with van der Waals surface area (Å²) in [6.07, 6.45) is 3.04. The molecular weight excluding hydrogens is 365 g/mol. The minimum Gasteiger partial charge on any atom is -0.342 e. The molecule has 4 rings (SSSR count). The van der Waals surface area contributed by atoms with Crippen LogP contribution < -0.4 is 0 Å². The number of halogens is 1. The van der Waals surface area contributed by atoms with Gasteiger partial charge in [0, 0.05) is 24.4 Å². The molecule has 1 aliphatic heterocycles. The highest BCUT2D eigenvalue weighted by atomic mass is 32.1. The molecule has 3 heterocycles. The highest BCUT2D eigenvalue weighted by molar-refractivity contribution is 7.10. The van der Waals surface area contributed by atoms with Crippen molar-refractivity contribution in [2.45, 2.75) is 25.7 Å². The van der Waals surface area contributed by atoms with Gasteiger partial charge in [-0.05, 0) is 42.3 Å². The normalized spacial score (nSPS) is 17.2. The maximum Gasteiger partial charge on any atom is 0.227 e. The van der Waals surface area contributed by atoms with Gasteiger partial charge < -0.3 is 9.42 Å². The summed E-state index contributed by atoms with van der Waals surface area (Å²) in [6.45, 7) is 1.49. The summed E-state index contributed by atoms with van der Waals surface area (Å²) in [7, 11) is 0. The van der Waals surface area contributed by atoms with Crippen LogP contribution in [0.5, 0.6) is 0 Å². The van der Waals surface area contributed by atoms with Gasteiger partial charge in [-0.3, -0.25) is 4.79 Å². The minimum atomic E-state index is -0.368. The van der Waals surface area contributed by atoms with Gasteiger partial charge in [-0.1, -0.05) is 23.4 Å². The molecule has 0 spiro atoms. The van der Waals surface area contributed by atoms with Crippen LogP contribution in [-0.4, -0.2) is 34.0 Å². The van der Waals surface area contributed by atoms with Gasteiger partial charge >= 0.3 is 0 Å². The second-order valence-electron chi connectivity index (χ2n) is 6.80. The Kier molecular flexibility index (Phi) is 5.29. The molecule has 3 aromatic rings. The van der Waals surface area contributed by atoms with E-state index in [2.05, 4.69) is 10.1 Å². The van der Waals surface area contributed by atoms with E-state index in [1.807, 2.05) is 22.4 Å². The molecule has 0 N–H and O–H groups in total. The molecule has 1 aliphatic rings. The van der Waals surface area contributed by atoms with E-state index in [-0.39, 0.29) is 23.5 Å². The Morgan fingerprint density at radius 2 is 2.19 bits per heavy atom. The molecule has 1 fully saturated rings. The van der Waals surface area contributed by atoms with Crippen molar-refractivity contribution in [2.75, 3.05) is 13.1 Å². The molecule has 140 valence electrons. The van der Waals surface area contributed by atoms with Crippen LogP contribution in [-0.2, 0) is 17.6 Å². The fourth-order valence-corrected chi connectivity index (χ4v) is 4.16. The Balaban J connectivity index is 1.38. The fraction of sp³-hybridized carbons (Fsp3) is 0.350. The number of carbonyl (C=O) groups excluding carboxylic acids is 1. The highest BCUT2D eigenvalue weighted by Crippen LogP contribution is 2.24. The second-order valence-corrected chi connectivity index (χ2v) is 7.83. The van der Waals surface area contributed by atoms with Crippen molar-refractivity contribution >= 4 is 17.2 Å². The third-order valence-electron chi connectivity index (χ3n) is 4.82. The first-order valence-corrected chi connectivity index (χ1v) is 9.94. The lowest BCUT2D eigenvalue weighted by atomic mass is 9.94. The Hall–Kier alpha value is -2.54. The number of carbonyl (C=O) groups is 1. The minimum absolute atomic E-state index is 0.166. The summed E-state index contributed by atoms with van der Waals surface area (Å²) in [4.78, 5) is 19.9. The SMILES string of the molecule is O=C(Cc1cccs1)N1CCC[C@@H](Cc2nc(-c3ccccc3F)no2)C1. The smallest absolute Gasteiger partial charge is 0.227 e. The van der Waals surface area contributed by atoms with Crippen molar-refractivity contribution in [3.8, 4) is 11.4 Å². The molecule has 2 aromatic heterocycles. The van der Waals surface area contributed by atoms with Crippen molar-refractivity contribution in [1.29, 1.82) is 0 Å². The molecule has 1 saturated heterocycles. The number of aromatic nitrogens is 2. The summed E-state index contributed by atoms with van der Waals surface area (Å²) in [5.74, 6) is 0.836. The van der Waals surface area contributed by atoms with Crippen LogP contribution >= 0.6 is 11.3 Å². The summed E-state index contributed by atoms with van der Waals surface area (Å²) < 4.78 is 19.2. The molecule has 1 aromatic carbocycles. The second kappa shape index (κ2) is 8.00. The van der Waals surface area contributed by atoms with E-state index in [1.54, 1.807) is 29.5 Å². The van der Waals surface area contributed by atoms with Crippen molar-refractivity contribution in [2.24, 2.45) is 5.92 Å². The summed E-state index contributed by atoms with van der Waals surface area (Å²) in [5.41, 5.74) is 0.337. The summed E-state index contributed by atoms with van der Waals surface area (Å²) >= 11 is 1.61. The molecule has 0 bridgehead atoms. The van der Waals surface area contributed by atoms with Crippen LogP contribution in [0, 0.1) is 11.7 Å². The van der Waals surface area contributed by atoms with Gasteiger partial charge in [0.15, 0.2) is 0 Å². The van der Waals surface area contributed by atoms with Gasteiger partial charge in [0.25, 0.3) is 0 Å². The van der Waals surface area contributed by atoms with Gasteiger partial charge in [-0.2, -0.15) is 4.98 Å². The molecule has 27 heavy (non-hydrogen) atoms. The third-order valence-corrected chi connectivity index (χ3v) is 5.70. The zero-order valence-corrected chi connectivity index (χ0v) is 15.6. The number of hydrogen-bond donors (Lipinski definition) is 0. The zero-order valence-electron chi connectivity index (χ0n) is 14.8. The summed E-state index contributed by atoms with van der Waals surface area (Å²) in [6, 6.07) is 10.3. The predicted molar refractivity (Wildman–Crippen MR) is 101 cm³/mol. The maximum atomic E-state index is 13.9. The third kappa shape index (κ3) is 4.24. The maximum absolute atomic E-state index is 13.9. The monoisotopic (exact) mass is 385 g/mol. The average molecular weight is 385 g/mol. The van der Waals surface area contributed by atoms with E-state index in [0.717, 1.165) is 24.3 Å². The number of piperidine rings is 1. The number of hydrogen-bond acceptors (Lipinski definition) is 5. The Labute approximate surface area is 160 Å². The van der Waals surface area contributed by atoms with Gasteiger partial charge in [0.2, 0.25) is 17.6 Å². The van der Waals surface area contributed by atoms with Crippen LogP contribution in [0.25, 0.3) is 11.4 Å². The Morgan fingerprint density at radius 1 is 1.30 bits per heavy atom. The van der Waals surface area contributed by atoms with E-state index < -0.39 is 0 Å². The molecule has 0 radical (unpaired) electrons. The quantitative estimate of drug-likeness (QED) is 0.667. The molecule has 5 nitrogen and oxygen atoms in total. The number of nitrogens with zero attached hydrogens (tertiary/aromatic N) is 3. The predicted octanol–water partition coefficient (Wildman–Crippen LogP) is 3.96. The molecular formula is C20H20FN3O2S. The molecule has 0 unspecified atom stereocenters. The topological polar surface area (TPSA) is 59.2 Å². The zero-order chi connectivity index (χ0) is 18.6. The number of amides is 1. The van der Waals surface area contributed by atoms with Crippen LogP contribution in [0.1, 0.15) is 23.6 Å². The van der Waals surface area contributed by atoms with E-state index in [4.69, 9.17) is 4.52 Å². The van der Waals surface area contributed by atoms with Crippen LogP contribution in [0.4, 0.5) is 4.39 Å². The van der Waals surface area contributed by atoms with E-state index in [0.29, 0.717) is 30.8 Å². The molecule has 7 heteroatoms. The molecule has 1 amide bonds. The molecule has 0 saturated carbocycles. The number of likely N-dealkylation sites (tertiary alicyclic amines) is 1. The number of rotatable bonds is 5. The van der Waals surface area contributed by atoms with Crippen LogP contribution in [0.2, 0.25) is 0 Å². The average Bonchev–Trinajstić information content (AvgIpc) is 3.34. The molecule has 0 aliphatic carbocycles. The first-order valence-electron chi connectivity index (χ1n) is 9.06. The van der Waals surface area contributed by atoms with E-state index in [1.165, 1.54) is 6.07 Å². The fourth-order valence-electron chi connectivity index (χ4n) is 3.47. The van der Waals surface area contributed by atoms with Gasteiger partial charge in [0.1, 0.15) is 5.82 Å². The number of thiophene rings is 1. The Bertz CT molecular complexity index is 910. The van der Waals surface area contributed by atoms with Crippen LogP contribution in [0.15, 0.2) is 46.3 Å². The standard InChI is InChI=1S/C20H20FN3O2S/c21-17-8-2-1-7-16(17)20-22-18(26-23-20)11-14-5-3-9-24(13-14)19(25)12-15-6-4-10-27-15/h1-2,4,6-8,10,14H,3,5,9,11-13H2/t14-/m0/s1. The number of benzene rings is 1. The highest BCUT2D eigenvalue weighted by Gasteiger charge is 2.26. The van der Waals surface area contributed by atoms with Crippen molar-refractivity contribution < 1.29 is 13.7 Å². The van der Waals surface area contributed by atoms with Gasteiger partial charge in [0.05, 0.1) is 12.0 Å². The lowest BCUT2D eigenvalue weighted by molar-refractivity contribution is -0.132. The van der Waals surface area contributed by atoms with Crippen LogP contribution in [0.3, 0.4) is 0 Å². The first-order chi connectivity index (χ1) is 13.2. The lowest BCUT2D eigenvalue weighted by Gasteiger charge is -2.32. The first kappa shape index (κ1) is 17.9. The van der Waals surface area contributed by atoms with Crippen molar-refractivity contribution in [1.82, 2.24) is 15.0 Å². The lowest BCUT2D eigenvalue weighted by Crippen LogP contribution is -2.41. The largest absolute Gasteiger partial charge is 0.342 e. The van der Waals surface area contributed by atoms with E-state index in [9.17, 15) is 9.18 Å². The molecule has 1 atom stereocenters.